The molecule has 6 heteroatoms. The van der Waals surface area contributed by atoms with E-state index < -0.39 is 0 Å². The number of hydrogen-bond donors (Lipinski definition) is 0. The van der Waals surface area contributed by atoms with Crippen LogP contribution in [0.25, 0.3) is 11.1 Å². The van der Waals surface area contributed by atoms with Crippen LogP contribution >= 0.6 is 0 Å². The summed E-state index contributed by atoms with van der Waals surface area (Å²) in [6, 6.07) is 15.8. The molecule has 0 bridgehead atoms. The second-order valence-corrected chi connectivity index (χ2v) is 5.28. The summed E-state index contributed by atoms with van der Waals surface area (Å²) in [6.07, 6.45) is 3.73. The van der Waals surface area contributed by atoms with Crippen molar-refractivity contribution in [1.82, 2.24) is 20.2 Å². The lowest BCUT2D eigenvalue weighted by Crippen LogP contribution is -2.02. The first kappa shape index (κ1) is 16.4. The number of benzene rings is 2. The Kier molecular flexibility index (Phi) is 4.89. The van der Waals surface area contributed by atoms with E-state index in [0.717, 1.165) is 16.7 Å². The Hall–Kier alpha value is -3.41. The first-order valence-corrected chi connectivity index (χ1v) is 7.61. The maximum atomic E-state index is 13.4. The van der Waals surface area contributed by atoms with E-state index in [0.29, 0.717) is 17.7 Å². The SMILES string of the molecule is Cn1nnnc1C(/C=C/C=O)=C(c1ccccc1)c1ccc(F)cc1. The highest BCUT2D eigenvalue weighted by Crippen LogP contribution is 2.32. The van der Waals surface area contributed by atoms with Crippen LogP contribution in [0.15, 0.2) is 66.7 Å². The van der Waals surface area contributed by atoms with Crippen LogP contribution in [0.2, 0.25) is 0 Å². The van der Waals surface area contributed by atoms with Crippen molar-refractivity contribution in [3.63, 3.8) is 0 Å². The lowest BCUT2D eigenvalue weighted by Gasteiger charge is -2.13. The zero-order chi connectivity index (χ0) is 17.6. The van der Waals surface area contributed by atoms with E-state index in [-0.39, 0.29) is 5.82 Å². The van der Waals surface area contributed by atoms with Crippen LogP contribution in [0.1, 0.15) is 17.0 Å². The molecule has 0 fully saturated rings. The van der Waals surface area contributed by atoms with Crippen LogP contribution in [-0.2, 0) is 11.8 Å². The summed E-state index contributed by atoms with van der Waals surface area (Å²) in [4.78, 5) is 10.9. The van der Waals surface area contributed by atoms with Gasteiger partial charge in [-0.05, 0) is 51.4 Å². The van der Waals surface area contributed by atoms with Gasteiger partial charge in [-0.1, -0.05) is 42.5 Å². The van der Waals surface area contributed by atoms with Crippen molar-refractivity contribution in [3.8, 4) is 0 Å². The van der Waals surface area contributed by atoms with E-state index in [1.165, 1.54) is 22.9 Å². The smallest absolute Gasteiger partial charge is 0.182 e. The maximum Gasteiger partial charge on any atom is 0.182 e. The number of rotatable bonds is 5. The minimum Gasteiger partial charge on any atom is -0.299 e. The van der Waals surface area contributed by atoms with Crippen molar-refractivity contribution in [3.05, 3.63) is 89.5 Å². The lowest BCUT2D eigenvalue weighted by atomic mass is 9.92. The molecular weight excluding hydrogens is 319 g/mol. The van der Waals surface area contributed by atoms with E-state index in [2.05, 4.69) is 15.5 Å². The minimum atomic E-state index is -0.318. The third-order valence-corrected chi connectivity index (χ3v) is 3.67. The van der Waals surface area contributed by atoms with Gasteiger partial charge in [-0.15, -0.1) is 5.10 Å². The van der Waals surface area contributed by atoms with Gasteiger partial charge in [-0.2, -0.15) is 0 Å². The number of carbonyl (C=O) groups is 1. The van der Waals surface area contributed by atoms with Crippen LogP contribution in [-0.4, -0.2) is 26.5 Å². The molecule has 0 saturated carbocycles. The molecule has 5 nitrogen and oxygen atoms in total. The van der Waals surface area contributed by atoms with Crippen LogP contribution in [0.3, 0.4) is 0 Å². The standard InChI is InChI=1S/C19H15FN4O/c1-24-19(21-22-23-24)17(8-5-13-25)18(14-6-3-2-4-7-14)15-9-11-16(20)12-10-15/h2-13H,1H3/b8-5+,18-17?. The number of aryl methyl sites for hydroxylation is 1. The van der Waals surface area contributed by atoms with Crippen molar-refractivity contribution in [2.24, 2.45) is 7.05 Å². The molecule has 2 aromatic carbocycles. The molecule has 0 amide bonds. The van der Waals surface area contributed by atoms with Gasteiger partial charge >= 0.3 is 0 Å². The highest BCUT2D eigenvalue weighted by Gasteiger charge is 2.16. The molecule has 25 heavy (non-hydrogen) atoms. The molecule has 0 N–H and O–H groups in total. The second-order valence-electron chi connectivity index (χ2n) is 5.28. The van der Waals surface area contributed by atoms with E-state index in [1.807, 2.05) is 30.3 Å². The number of aldehydes is 1. The fourth-order valence-corrected chi connectivity index (χ4v) is 2.56. The highest BCUT2D eigenvalue weighted by molar-refractivity contribution is 6.01. The molecule has 0 saturated heterocycles. The number of allylic oxidation sites excluding steroid dienone is 3. The Morgan fingerprint density at radius 1 is 1.04 bits per heavy atom. The first-order chi connectivity index (χ1) is 12.2. The molecule has 0 aliphatic heterocycles. The summed E-state index contributed by atoms with van der Waals surface area (Å²) in [5, 5.41) is 11.6. The number of aromatic nitrogens is 4. The number of hydrogen-bond acceptors (Lipinski definition) is 4. The van der Waals surface area contributed by atoms with Crippen LogP contribution in [0.5, 0.6) is 0 Å². The summed E-state index contributed by atoms with van der Waals surface area (Å²) in [6.45, 7) is 0. The molecule has 3 aromatic rings. The Morgan fingerprint density at radius 3 is 2.32 bits per heavy atom. The van der Waals surface area contributed by atoms with E-state index in [4.69, 9.17) is 0 Å². The predicted octanol–water partition coefficient (Wildman–Crippen LogP) is 3.06. The van der Waals surface area contributed by atoms with Gasteiger partial charge in [0.25, 0.3) is 0 Å². The van der Waals surface area contributed by atoms with Crippen molar-refractivity contribution in [1.29, 1.82) is 0 Å². The summed E-state index contributed by atoms with van der Waals surface area (Å²) in [5.74, 6) is 0.183. The number of nitrogens with zero attached hydrogens (tertiary/aromatic N) is 4. The molecular formula is C19H15FN4O. The number of tetrazole rings is 1. The van der Waals surface area contributed by atoms with Gasteiger partial charge in [-0.3, -0.25) is 4.79 Å². The summed E-state index contributed by atoms with van der Waals surface area (Å²) >= 11 is 0. The molecule has 1 aromatic heterocycles. The molecule has 0 radical (unpaired) electrons. The lowest BCUT2D eigenvalue weighted by molar-refractivity contribution is -0.104. The number of carbonyl (C=O) groups excluding carboxylic acids is 1. The molecule has 0 unspecified atom stereocenters. The Balaban J connectivity index is 2.34. The third kappa shape index (κ3) is 3.58. The summed E-state index contributed by atoms with van der Waals surface area (Å²) in [7, 11) is 1.72. The molecule has 124 valence electrons. The van der Waals surface area contributed by atoms with E-state index in [1.54, 1.807) is 25.3 Å². The Morgan fingerprint density at radius 2 is 1.72 bits per heavy atom. The van der Waals surface area contributed by atoms with Gasteiger partial charge < -0.3 is 0 Å². The Bertz CT molecular complexity index is 928. The minimum absolute atomic E-state index is 0.318. The van der Waals surface area contributed by atoms with Gasteiger partial charge in [0.2, 0.25) is 0 Å². The van der Waals surface area contributed by atoms with Gasteiger partial charge in [0.05, 0.1) is 0 Å². The average Bonchev–Trinajstić information content (AvgIpc) is 3.06. The van der Waals surface area contributed by atoms with E-state index >= 15 is 0 Å². The van der Waals surface area contributed by atoms with Crippen LogP contribution < -0.4 is 0 Å². The maximum absolute atomic E-state index is 13.4. The zero-order valence-electron chi connectivity index (χ0n) is 13.5. The molecule has 0 spiro atoms. The van der Waals surface area contributed by atoms with Crippen molar-refractivity contribution < 1.29 is 9.18 Å². The normalized spacial score (nSPS) is 12.2. The van der Waals surface area contributed by atoms with E-state index in [9.17, 15) is 9.18 Å². The van der Waals surface area contributed by atoms with Gasteiger partial charge in [0.15, 0.2) is 5.82 Å². The molecule has 0 atom stereocenters. The number of halogens is 1. The fourth-order valence-electron chi connectivity index (χ4n) is 2.56. The predicted molar refractivity (Wildman–Crippen MR) is 92.8 cm³/mol. The fraction of sp³-hybridized carbons (Fsp3) is 0.0526. The molecule has 1 heterocycles. The summed E-state index contributed by atoms with van der Waals surface area (Å²) in [5.41, 5.74) is 3.16. The van der Waals surface area contributed by atoms with Crippen molar-refractivity contribution >= 4 is 17.4 Å². The monoisotopic (exact) mass is 334 g/mol. The molecule has 3 rings (SSSR count). The van der Waals surface area contributed by atoms with Crippen molar-refractivity contribution in [2.75, 3.05) is 0 Å². The Labute approximate surface area is 144 Å². The molecule has 0 aliphatic carbocycles. The zero-order valence-corrected chi connectivity index (χ0v) is 13.5. The largest absolute Gasteiger partial charge is 0.299 e. The summed E-state index contributed by atoms with van der Waals surface area (Å²) < 4.78 is 14.9. The average molecular weight is 334 g/mol. The van der Waals surface area contributed by atoms with Crippen LogP contribution in [0.4, 0.5) is 4.39 Å². The van der Waals surface area contributed by atoms with Crippen LogP contribution in [0, 0.1) is 5.82 Å². The highest BCUT2D eigenvalue weighted by atomic mass is 19.1. The van der Waals surface area contributed by atoms with Gasteiger partial charge in [0.1, 0.15) is 12.1 Å². The second kappa shape index (κ2) is 7.44. The quantitative estimate of drug-likeness (QED) is 0.409. The van der Waals surface area contributed by atoms with Gasteiger partial charge in [-0.25, -0.2) is 9.07 Å². The molecule has 0 aliphatic rings. The third-order valence-electron chi connectivity index (χ3n) is 3.67. The van der Waals surface area contributed by atoms with Gasteiger partial charge in [0, 0.05) is 12.6 Å². The topological polar surface area (TPSA) is 60.7 Å². The first-order valence-electron chi connectivity index (χ1n) is 7.61. The van der Waals surface area contributed by atoms with Crippen molar-refractivity contribution in [2.45, 2.75) is 0 Å².